The first-order chi connectivity index (χ1) is 11.1. The summed E-state index contributed by atoms with van der Waals surface area (Å²) < 4.78 is 13.7. The van der Waals surface area contributed by atoms with Crippen LogP contribution in [0.2, 0.25) is 0 Å². The second-order valence-corrected chi connectivity index (χ2v) is 6.22. The molecule has 124 valence electrons. The van der Waals surface area contributed by atoms with Crippen LogP contribution in [0.4, 0.5) is 14.9 Å². The molecule has 5 nitrogen and oxygen atoms in total. The number of halogens is 1. The Kier molecular flexibility index (Phi) is 4.50. The second kappa shape index (κ2) is 6.56. The van der Waals surface area contributed by atoms with Gasteiger partial charge in [-0.1, -0.05) is 13.0 Å². The zero-order chi connectivity index (χ0) is 16.4. The smallest absolute Gasteiger partial charge is 0.319 e. The van der Waals surface area contributed by atoms with Crippen LogP contribution in [0.1, 0.15) is 38.2 Å². The third-order valence-corrected chi connectivity index (χ3v) is 4.75. The number of hydrogen-bond acceptors (Lipinski definition) is 2. The fourth-order valence-electron chi connectivity index (χ4n) is 3.13. The highest BCUT2D eigenvalue weighted by molar-refractivity contribution is 5.94. The van der Waals surface area contributed by atoms with Crippen LogP contribution in [0.3, 0.4) is 0 Å². The van der Waals surface area contributed by atoms with Gasteiger partial charge in [0.05, 0.1) is 0 Å². The maximum Gasteiger partial charge on any atom is 0.319 e. The van der Waals surface area contributed by atoms with E-state index in [9.17, 15) is 14.0 Å². The Morgan fingerprint density at radius 3 is 2.74 bits per heavy atom. The quantitative estimate of drug-likeness (QED) is 0.896. The lowest BCUT2D eigenvalue weighted by Gasteiger charge is -2.34. The lowest BCUT2D eigenvalue weighted by molar-refractivity contribution is -0.132. The summed E-state index contributed by atoms with van der Waals surface area (Å²) in [5.74, 6) is -0.337. The van der Waals surface area contributed by atoms with E-state index in [1.54, 1.807) is 12.1 Å². The lowest BCUT2D eigenvalue weighted by atomic mass is 9.92. The van der Waals surface area contributed by atoms with Crippen molar-refractivity contribution in [1.82, 2.24) is 10.2 Å². The molecule has 23 heavy (non-hydrogen) atoms. The number of hydrogen-bond donors (Lipinski definition) is 2. The van der Waals surface area contributed by atoms with Crippen molar-refractivity contribution in [2.24, 2.45) is 0 Å². The highest BCUT2D eigenvalue weighted by Gasteiger charge is 2.38. The minimum absolute atomic E-state index is 0.00244. The molecule has 1 saturated heterocycles. The van der Waals surface area contributed by atoms with Crippen LogP contribution in [-0.2, 0) is 11.2 Å². The summed E-state index contributed by atoms with van der Waals surface area (Å²) in [5, 5.41) is 5.29. The van der Waals surface area contributed by atoms with Gasteiger partial charge in [0.1, 0.15) is 11.9 Å². The molecule has 1 atom stereocenters. The molecule has 2 fully saturated rings. The zero-order valence-electron chi connectivity index (χ0n) is 13.3. The third-order valence-electron chi connectivity index (χ3n) is 4.75. The number of nitrogens with one attached hydrogen (secondary N) is 2. The van der Waals surface area contributed by atoms with Crippen molar-refractivity contribution in [2.75, 3.05) is 11.9 Å². The predicted molar refractivity (Wildman–Crippen MR) is 85.7 cm³/mol. The molecule has 6 heteroatoms. The first-order valence-electron chi connectivity index (χ1n) is 8.25. The minimum Gasteiger partial charge on any atom is -0.338 e. The Hall–Kier alpha value is -2.11. The predicted octanol–water partition coefficient (Wildman–Crippen LogP) is 2.66. The van der Waals surface area contributed by atoms with Crippen molar-refractivity contribution in [3.63, 3.8) is 0 Å². The summed E-state index contributed by atoms with van der Waals surface area (Å²) in [6.07, 6.45) is 4.53. The summed E-state index contributed by atoms with van der Waals surface area (Å²) in [7, 11) is 0. The number of amides is 3. The van der Waals surface area contributed by atoms with Crippen molar-refractivity contribution in [2.45, 2.75) is 51.1 Å². The molecule has 1 aliphatic carbocycles. The maximum atomic E-state index is 13.7. The van der Waals surface area contributed by atoms with E-state index in [2.05, 4.69) is 10.6 Å². The molecule has 2 aliphatic rings. The van der Waals surface area contributed by atoms with Crippen LogP contribution < -0.4 is 10.6 Å². The summed E-state index contributed by atoms with van der Waals surface area (Å²) in [5.41, 5.74) is 0.997. The van der Waals surface area contributed by atoms with Gasteiger partial charge < -0.3 is 15.5 Å². The van der Waals surface area contributed by atoms with Crippen molar-refractivity contribution < 1.29 is 14.0 Å². The van der Waals surface area contributed by atoms with Gasteiger partial charge in [-0.15, -0.1) is 0 Å². The number of carbonyl (C=O) groups excluding carboxylic acids is 2. The number of benzene rings is 1. The van der Waals surface area contributed by atoms with Gasteiger partial charge in [0.25, 0.3) is 0 Å². The van der Waals surface area contributed by atoms with E-state index in [0.717, 1.165) is 12.8 Å². The normalized spacial score (nSPS) is 21.2. The van der Waals surface area contributed by atoms with Crippen LogP contribution in [-0.4, -0.2) is 35.5 Å². The number of urea groups is 1. The fourth-order valence-corrected chi connectivity index (χ4v) is 3.13. The molecule has 1 unspecified atom stereocenters. The van der Waals surface area contributed by atoms with Crippen molar-refractivity contribution >= 4 is 17.6 Å². The summed E-state index contributed by atoms with van der Waals surface area (Å²) in [4.78, 5) is 26.2. The zero-order valence-corrected chi connectivity index (χ0v) is 13.3. The number of rotatable bonds is 4. The van der Waals surface area contributed by atoms with E-state index in [-0.39, 0.29) is 11.7 Å². The Morgan fingerprint density at radius 2 is 2.13 bits per heavy atom. The van der Waals surface area contributed by atoms with Crippen LogP contribution >= 0.6 is 0 Å². The van der Waals surface area contributed by atoms with Crippen LogP contribution in [0.25, 0.3) is 0 Å². The first kappa shape index (κ1) is 15.8. The Labute approximate surface area is 135 Å². The number of likely N-dealkylation sites (tertiary alicyclic amines) is 1. The van der Waals surface area contributed by atoms with E-state index in [0.29, 0.717) is 36.7 Å². The van der Waals surface area contributed by atoms with Gasteiger partial charge in [-0.2, -0.15) is 0 Å². The van der Waals surface area contributed by atoms with E-state index in [1.165, 1.54) is 12.5 Å². The average Bonchev–Trinajstić information content (AvgIpc) is 2.79. The largest absolute Gasteiger partial charge is 0.338 e. The van der Waals surface area contributed by atoms with Crippen molar-refractivity contribution in [3.05, 3.63) is 29.6 Å². The van der Waals surface area contributed by atoms with E-state index >= 15 is 0 Å². The molecule has 0 radical (unpaired) electrons. The van der Waals surface area contributed by atoms with Crippen molar-refractivity contribution in [1.29, 1.82) is 0 Å². The van der Waals surface area contributed by atoms with Gasteiger partial charge in [0, 0.05) is 18.3 Å². The summed E-state index contributed by atoms with van der Waals surface area (Å²) in [6.45, 7) is 2.58. The standard InChI is InChI=1S/C17H22FN3O2/c1-2-11-6-7-12(10-14(11)18)19-17(23)20-15-8-9-21(16(15)22)13-4-3-5-13/h6-7,10,13,15H,2-5,8-9H2,1H3,(H2,19,20,23). The molecular formula is C17H22FN3O2. The molecule has 0 bridgehead atoms. The van der Waals surface area contributed by atoms with Gasteiger partial charge in [0.15, 0.2) is 0 Å². The highest BCUT2D eigenvalue weighted by Crippen LogP contribution is 2.28. The molecule has 3 rings (SSSR count). The third kappa shape index (κ3) is 3.30. The summed E-state index contributed by atoms with van der Waals surface area (Å²) in [6, 6.07) is 4.03. The Bertz CT molecular complexity index is 616. The minimum atomic E-state index is -0.477. The van der Waals surface area contributed by atoms with E-state index < -0.39 is 12.1 Å². The monoisotopic (exact) mass is 319 g/mol. The Balaban J connectivity index is 1.55. The molecule has 2 N–H and O–H groups in total. The molecular weight excluding hydrogens is 297 g/mol. The fraction of sp³-hybridized carbons (Fsp3) is 0.529. The van der Waals surface area contributed by atoms with Gasteiger partial charge in [-0.05, 0) is 49.8 Å². The van der Waals surface area contributed by atoms with Crippen LogP contribution in [0.5, 0.6) is 0 Å². The maximum absolute atomic E-state index is 13.7. The number of nitrogens with zero attached hydrogens (tertiary/aromatic N) is 1. The molecule has 1 heterocycles. The first-order valence-corrected chi connectivity index (χ1v) is 8.25. The molecule has 1 saturated carbocycles. The number of aryl methyl sites for hydroxylation is 1. The molecule has 1 aromatic carbocycles. The number of carbonyl (C=O) groups is 2. The molecule has 0 aromatic heterocycles. The van der Waals surface area contributed by atoms with Crippen LogP contribution in [0.15, 0.2) is 18.2 Å². The molecule has 0 spiro atoms. The summed E-state index contributed by atoms with van der Waals surface area (Å²) >= 11 is 0. The van der Waals surface area contributed by atoms with E-state index in [4.69, 9.17) is 0 Å². The topological polar surface area (TPSA) is 61.4 Å². The molecule has 1 aliphatic heterocycles. The van der Waals surface area contributed by atoms with Gasteiger partial charge >= 0.3 is 6.03 Å². The second-order valence-electron chi connectivity index (χ2n) is 6.22. The average molecular weight is 319 g/mol. The molecule has 1 aromatic rings. The SMILES string of the molecule is CCc1ccc(NC(=O)NC2CCN(C3CCC3)C2=O)cc1F. The lowest BCUT2D eigenvalue weighted by Crippen LogP contribution is -2.47. The number of anilines is 1. The molecule has 3 amide bonds. The van der Waals surface area contributed by atoms with E-state index in [1.807, 2.05) is 11.8 Å². The Morgan fingerprint density at radius 1 is 1.35 bits per heavy atom. The van der Waals surface area contributed by atoms with Gasteiger partial charge in [-0.25, -0.2) is 9.18 Å². The highest BCUT2D eigenvalue weighted by atomic mass is 19.1. The van der Waals surface area contributed by atoms with Gasteiger partial charge in [-0.3, -0.25) is 4.79 Å². The van der Waals surface area contributed by atoms with Crippen molar-refractivity contribution in [3.8, 4) is 0 Å². The van der Waals surface area contributed by atoms with Gasteiger partial charge in [0.2, 0.25) is 5.91 Å². The van der Waals surface area contributed by atoms with Crippen LogP contribution in [0, 0.1) is 5.82 Å².